The third-order valence-corrected chi connectivity index (χ3v) is 8.26. The van der Waals surface area contributed by atoms with Crippen LogP contribution in [0.1, 0.15) is 66.5 Å². The van der Waals surface area contributed by atoms with Crippen LogP contribution < -0.4 is 10.2 Å². The lowest BCUT2D eigenvalue weighted by Gasteiger charge is -2.34. The molecule has 0 aliphatic carbocycles. The highest BCUT2D eigenvalue weighted by Gasteiger charge is 2.36. The fourth-order valence-electron chi connectivity index (χ4n) is 5.86. The number of Topliss-reactive ketones (excluding diaryl/α,β-unsaturated/α-hetero) is 1. The first kappa shape index (κ1) is 29.1. The van der Waals surface area contributed by atoms with Crippen LogP contribution in [0, 0.1) is 6.92 Å². The standard InChI is InChI=1S/C34H37N3O5/c1-7-36(8-2)34(5,6)33(40)42-35-26-18-19-41-32-24(31(26)39)15-17-28-29(32)25-20-22(14-16-27(25)37(28)9-3)30(38)23-13-11-10-12-21(23)4/h10-18,20,35H,7-9,19H2,1-6H3. The van der Waals surface area contributed by atoms with Gasteiger partial charge in [0, 0.05) is 28.6 Å². The molecular weight excluding hydrogens is 530 g/mol. The Morgan fingerprint density at radius 2 is 1.74 bits per heavy atom. The largest absolute Gasteiger partial charge is 0.488 e. The number of aromatic nitrogens is 1. The van der Waals surface area contributed by atoms with Crippen LogP contribution in [0.2, 0.25) is 0 Å². The average molecular weight is 568 g/mol. The third kappa shape index (κ3) is 4.86. The van der Waals surface area contributed by atoms with E-state index in [1.807, 2.05) is 74.2 Å². The minimum Gasteiger partial charge on any atom is -0.488 e. The molecule has 1 N–H and O–H groups in total. The van der Waals surface area contributed by atoms with E-state index in [9.17, 15) is 14.4 Å². The summed E-state index contributed by atoms with van der Waals surface area (Å²) in [5.74, 6) is -0.452. The van der Waals surface area contributed by atoms with E-state index in [0.717, 1.165) is 27.4 Å². The Labute approximate surface area is 245 Å². The van der Waals surface area contributed by atoms with Gasteiger partial charge < -0.3 is 14.1 Å². The van der Waals surface area contributed by atoms with Crippen molar-refractivity contribution < 1.29 is 24.0 Å². The summed E-state index contributed by atoms with van der Waals surface area (Å²) in [7, 11) is 0. The highest BCUT2D eigenvalue weighted by molar-refractivity contribution is 6.20. The molecule has 4 aromatic rings. The fourth-order valence-corrected chi connectivity index (χ4v) is 5.86. The van der Waals surface area contributed by atoms with Crippen LogP contribution in [0.4, 0.5) is 0 Å². The van der Waals surface area contributed by atoms with Crippen LogP contribution in [0.3, 0.4) is 0 Å². The number of benzene rings is 3. The predicted octanol–water partition coefficient (Wildman–Crippen LogP) is 5.98. The van der Waals surface area contributed by atoms with E-state index in [0.29, 0.717) is 42.1 Å². The molecule has 2 heterocycles. The van der Waals surface area contributed by atoms with Gasteiger partial charge in [0.2, 0.25) is 5.78 Å². The average Bonchev–Trinajstić information content (AvgIpc) is 3.22. The molecule has 0 saturated heterocycles. The molecule has 218 valence electrons. The maximum Gasteiger partial charge on any atom is 0.351 e. The number of carbonyl (C=O) groups is 3. The number of fused-ring (bicyclic) bond motifs is 5. The number of allylic oxidation sites excluding steroid dienone is 1. The van der Waals surface area contributed by atoms with E-state index < -0.39 is 11.5 Å². The van der Waals surface area contributed by atoms with Gasteiger partial charge >= 0.3 is 5.97 Å². The van der Waals surface area contributed by atoms with Crippen molar-refractivity contribution in [3.8, 4) is 5.75 Å². The SMILES string of the molecule is CCN(CC)C(C)(C)C(=O)ONC1=CCOc2c(ccc3c2c2cc(C(=O)c4ccccc4C)ccc2n3CC)C1=O. The number of ether oxygens (including phenoxy) is 1. The van der Waals surface area contributed by atoms with Crippen molar-refractivity contribution in [2.24, 2.45) is 0 Å². The molecule has 42 heavy (non-hydrogen) atoms. The van der Waals surface area contributed by atoms with Crippen LogP contribution in [-0.2, 0) is 16.2 Å². The number of hydrogen-bond acceptors (Lipinski definition) is 7. The zero-order valence-electron chi connectivity index (χ0n) is 25.0. The smallest absolute Gasteiger partial charge is 0.351 e. The summed E-state index contributed by atoms with van der Waals surface area (Å²) in [6, 6.07) is 16.9. The molecule has 1 aliphatic rings. The Hall–Kier alpha value is -4.43. The topological polar surface area (TPSA) is 89.9 Å². The number of nitrogens with one attached hydrogen (secondary N) is 1. The van der Waals surface area contributed by atoms with Gasteiger partial charge in [0.25, 0.3) is 0 Å². The van der Waals surface area contributed by atoms with E-state index in [-0.39, 0.29) is 23.9 Å². The summed E-state index contributed by atoms with van der Waals surface area (Å²) in [6.07, 6.45) is 1.58. The molecule has 1 aromatic heterocycles. The summed E-state index contributed by atoms with van der Waals surface area (Å²) < 4.78 is 8.34. The summed E-state index contributed by atoms with van der Waals surface area (Å²) in [4.78, 5) is 47.6. The van der Waals surface area contributed by atoms with Crippen molar-refractivity contribution in [3.05, 3.63) is 88.6 Å². The molecule has 8 nitrogen and oxygen atoms in total. The van der Waals surface area contributed by atoms with E-state index in [1.165, 1.54) is 0 Å². The lowest BCUT2D eigenvalue weighted by atomic mass is 9.97. The van der Waals surface area contributed by atoms with Crippen molar-refractivity contribution in [2.45, 2.75) is 53.6 Å². The predicted molar refractivity (Wildman–Crippen MR) is 164 cm³/mol. The van der Waals surface area contributed by atoms with Gasteiger partial charge in [-0.05, 0) is 82.8 Å². The zero-order valence-corrected chi connectivity index (χ0v) is 25.0. The second kappa shape index (κ2) is 11.4. The van der Waals surface area contributed by atoms with Gasteiger partial charge in [-0.1, -0.05) is 38.1 Å². The Morgan fingerprint density at radius 3 is 2.43 bits per heavy atom. The molecular formula is C34H37N3O5. The number of carbonyl (C=O) groups excluding carboxylic acids is 3. The Bertz CT molecular complexity index is 1740. The van der Waals surface area contributed by atoms with Crippen LogP contribution in [-0.4, -0.2) is 52.2 Å². The van der Waals surface area contributed by atoms with Crippen molar-refractivity contribution in [3.63, 3.8) is 0 Å². The lowest BCUT2D eigenvalue weighted by molar-refractivity contribution is -0.162. The molecule has 0 spiro atoms. The van der Waals surface area contributed by atoms with Gasteiger partial charge in [-0.3, -0.25) is 14.5 Å². The normalized spacial score (nSPS) is 13.5. The molecule has 0 amide bonds. The molecule has 5 rings (SSSR count). The Kier molecular flexibility index (Phi) is 7.93. The van der Waals surface area contributed by atoms with Gasteiger partial charge in [-0.25, -0.2) is 10.3 Å². The van der Waals surface area contributed by atoms with Crippen LogP contribution in [0.5, 0.6) is 5.75 Å². The van der Waals surface area contributed by atoms with E-state index in [2.05, 4.69) is 17.0 Å². The highest BCUT2D eigenvalue weighted by Crippen LogP contribution is 2.40. The lowest BCUT2D eigenvalue weighted by Crippen LogP contribution is -2.52. The molecule has 8 heteroatoms. The van der Waals surface area contributed by atoms with E-state index >= 15 is 0 Å². The second-order valence-corrected chi connectivity index (χ2v) is 10.9. The molecule has 0 radical (unpaired) electrons. The van der Waals surface area contributed by atoms with E-state index in [4.69, 9.17) is 9.57 Å². The number of ketones is 2. The fraction of sp³-hybridized carbons (Fsp3) is 0.324. The minimum absolute atomic E-state index is 0.0611. The van der Waals surface area contributed by atoms with Crippen molar-refractivity contribution in [2.75, 3.05) is 19.7 Å². The minimum atomic E-state index is -0.874. The van der Waals surface area contributed by atoms with Gasteiger partial charge in [0.05, 0.1) is 16.5 Å². The van der Waals surface area contributed by atoms with Crippen LogP contribution >= 0.6 is 0 Å². The third-order valence-electron chi connectivity index (χ3n) is 8.26. The summed E-state index contributed by atoms with van der Waals surface area (Å²) in [5.41, 5.74) is 6.20. The molecule has 0 bridgehead atoms. The van der Waals surface area contributed by atoms with Crippen molar-refractivity contribution >= 4 is 39.3 Å². The maximum absolute atomic E-state index is 13.7. The molecule has 0 fully saturated rings. The first-order chi connectivity index (χ1) is 20.1. The molecule has 0 saturated carbocycles. The first-order valence-corrected chi connectivity index (χ1v) is 14.4. The zero-order chi connectivity index (χ0) is 30.2. The van der Waals surface area contributed by atoms with Crippen LogP contribution in [0.25, 0.3) is 21.8 Å². The quantitative estimate of drug-likeness (QED) is 0.197. The molecule has 0 atom stereocenters. The maximum atomic E-state index is 13.7. The van der Waals surface area contributed by atoms with Crippen LogP contribution in [0.15, 0.2) is 66.4 Å². The highest BCUT2D eigenvalue weighted by atomic mass is 16.7. The molecule has 1 aliphatic heterocycles. The number of rotatable bonds is 9. The molecule has 0 unspecified atom stereocenters. The Balaban J connectivity index is 1.53. The summed E-state index contributed by atoms with van der Waals surface area (Å²) in [6.45, 7) is 13.7. The van der Waals surface area contributed by atoms with Gasteiger partial charge in [0.1, 0.15) is 23.6 Å². The van der Waals surface area contributed by atoms with Gasteiger partial charge in [0.15, 0.2) is 5.78 Å². The summed E-state index contributed by atoms with van der Waals surface area (Å²) >= 11 is 0. The second-order valence-electron chi connectivity index (χ2n) is 10.9. The monoisotopic (exact) mass is 567 g/mol. The van der Waals surface area contributed by atoms with Gasteiger partial charge in [-0.2, -0.15) is 0 Å². The number of hydrogen-bond donors (Lipinski definition) is 1. The Morgan fingerprint density at radius 1 is 1.02 bits per heavy atom. The number of hydroxylamine groups is 1. The number of likely N-dealkylation sites (N-methyl/N-ethyl adjacent to an activating group) is 1. The van der Waals surface area contributed by atoms with Crippen molar-refractivity contribution in [1.82, 2.24) is 14.9 Å². The van der Waals surface area contributed by atoms with E-state index in [1.54, 1.807) is 26.0 Å². The number of aryl methyl sites for hydroxylation is 2. The van der Waals surface area contributed by atoms with Crippen molar-refractivity contribution in [1.29, 1.82) is 0 Å². The molecule has 3 aromatic carbocycles. The van der Waals surface area contributed by atoms with Gasteiger partial charge in [-0.15, -0.1) is 0 Å². The first-order valence-electron chi connectivity index (χ1n) is 14.4. The summed E-state index contributed by atoms with van der Waals surface area (Å²) in [5, 5.41) is 1.60. The number of nitrogens with zero attached hydrogens (tertiary/aromatic N) is 2.